The Morgan fingerprint density at radius 3 is 2.48 bits per heavy atom. The lowest BCUT2D eigenvalue weighted by molar-refractivity contribution is 0.0927. The van der Waals surface area contributed by atoms with E-state index in [4.69, 9.17) is 0 Å². The van der Waals surface area contributed by atoms with Gasteiger partial charge < -0.3 is 25.4 Å². The molecule has 2 unspecified atom stereocenters. The fourth-order valence-corrected chi connectivity index (χ4v) is 5.54. The van der Waals surface area contributed by atoms with Crippen LogP contribution in [0.2, 0.25) is 0 Å². The van der Waals surface area contributed by atoms with Gasteiger partial charge >= 0.3 is 0 Å². The van der Waals surface area contributed by atoms with Gasteiger partial charge in [0.1, 0.15) is 17.8 Å². The highest BCUT2D eigenvalue weighted by molar-refractivity contribution is 5.87. The zero-order chi connectivity index (χ0) is 21.6. The fraction of sp³-hybridized carbons (Fsp3) is 0.750. The first-order chi connectivity index (χ1) is 15.1. The quantitative estimate of drug-likeness (QED) is 0.487. The molecule has 0 amide bonds. The summed E-state index contributed by atoms with van der Waals surface area (Å²) >= 11 is 0. The molecule has 0 aromatic carbocycles. The molecule has 2 fully saturated rings. The minimum atomic E-state index is -0.574. The van der Waals surface area contributed by atoms with E-state index in [-0.39, 0.29) is 6.04 Å². The van der Waals surface area contributed by atoms with Crippen LogP contribution in [0.15, 0.2) is 18.6 Å². The van der Waals surface area contributed by atoms with E-state index in [0.29, 0.717) is 25.0 Å². The number of hydrogen-bond acceptors (Lipinski definition) is 6. The third kappa shape index (κ3) is 5.57. The number of aliphatic hydroxyl groups is 2. The molecule has 172 valence electrons. The molecular formula is C24H39N5O2. The largest absolute Gasteiger partial charge is 0.392 e. The number of hydrogen-bond donors (Lipinski definition) is 4. The number of aromatic amines is 1. The monoisotopic (exact) mass is 429 g/mol. The van der Waals surface area contributed by atoms with Gasteiger partial charge in [-0.25, -0.2) is 9.97 Å². The highest BCUT2D eigenvalue weighted by Crippen LogP contribution is 2.34. The predicted octanol–water partition coefficient (Wildman–Crippen LogP) is 3.52. The van der Waals surface area contributed by atoms with Crippen LogP contribution in [0.3, 0.4) is 0 Å². The van der Waals surface area contributed by atoms with E-state index in [2.05, 4.69) is 25.2 Å². The second kappa shape index (κ2) is 10.7. The number of aromatic nitrogens is 3. The van der Waals surface area contributed by atoms with E-state index in [1.54, 1.807) is 6.33 Å². The summed E-state index contributed by atoms with van der Waals surface area (Å²) in [7, 11) is 0. The first kappa shape index (κ1) is 22.5. The summed E-state index contributed by atoms with van der Waals surface area (Å²) in [5.74, 6) is 0.872. The van der Waals surface area contributed by atoms with Crippen LogP contribution in [-0.2, 0) is 0 Å². The molecule has 2 aromatic rings. The van der Waals surface area contributed by atoms with Crippen molar-refractivity contribution in [2.75, 3.05) is 11.4 Å². The summed E-state index contributed by atoms with van der Waals surface area (Å²) in [5, 5.41) is 26.3. The minimum Gasteiger partial charge on any atom is -0.392 e. The summed E-state index contributed by atoms with van der Waals surface area (Å²) in [4.78, 5) is 14.5. The van der Waals surface area contributed by atoms with E-state index in [9.17, 15) is 10.2 Å². The number of rotatable bonds is 9. The molecule has 3 atom stereocenters. The molecule has 2 aromatic heterocycles. The Bertz CT molecular complexity index is 798. The van der Waals surface area contributed by atoms with Gasteiger partial charge in [-0.3, -0.25) is 0 Å². The Kier molecular flexibility index (Phi) is 7.80. The van der Waals surface area contributed by atoms with Crippen molar-refractivity contribution in [1.29, 1.82) is 0 Å². The molecule has 0 aliphatic heterocycles. The Balaban J connectivity index is 1.54. The van der Waals surface area contributed by atoms with Gasteiger partial charge in [0.2, 0.25) is 0 Å². The molecule has 7 heteroatoms. The maximum Gasteiger partial charge on any atom is 0.142 e. The minimum absolute atomic E-state index is 0.195. The van der Waals surface area contributed by atoms with Crippen molar-refractivity contribution < 1.29 is 10.2 Å². The summed E-state index contributed by atoms with van der Waals surface area (Å²) < 4.78 is 0. The van der Waals surface area contributed by atoms with E-state index >= 15 is 0 Å². The molecular weight excluding hydrogens is 390 g/mol. The van der Waals surface area contributed by atoms with Crippen LogP contribution < -0.4 is 10.2 Å². The predicted molar refractivity (Wildman–Crippen MR) is 124 cm³/mol. The number of fused-ring (bicyclic) bond motifs is 1. The van der Waals surface area contributed by atoms with Gasteiger partial charge in [-0.15, -0.1) is 0 Å². The van der Waals surface area contributed by atoms with E-state index < -0.39 is 12.2 Å². The van der Waals surface area contributed by atoms with Crippen LogP contribution in [0.5, 0.6) is 0 Å². The zero-order valence-corrected chi connectivity index (χ0v) is 18.8. The lowest BCUT2D eigenvalue weighted by Gasteiger charge is -2.43. The molecule has 4 N–H and O–H groups in total. The first-order valence-electron chi connectivity index (χ1n) is 12.3. The average Bonchev–Trinajstić information content (AvgIpc) is 3.28. The van der Waals surface area contributed by atoms with Gasteiger partial charge in [0.05, 0.1) is 23.6 Å². The van der Waals surface area contributed by atoms with Crippen LogP contribution >= 0.6 is 0 Å². The maximum absolute atomic E-state index is 10.9. The van der Waals surface area contributed by atoms with Gasteiger partial charge in [0.25, 0.3) is 0 Å². The Morgan fingerprint density at radius 1 is 1.06 bits per heavy atom. The van der Waals surface area contributed by atoms with Crippen LogP contribution in [0.4, 0.5) is 5.82 Å². The van der Waals surface area contributed by atoms with Gasteiger partial charge in [0, 0.05) is 24.8 Å². The van der Waals surface area contributed by atoms with Crippen molar-refractivity contribution >= 4 is 16.9 Å². The molecule has 0 spiro atoms. The Hall–Kier alpha value is -1.70. The van der Waals surface area contributed by atoms with E-state index in [1.807, 2.05) is 19.2 Å². The van der Waals surface area contributed by atoms with Gasteiger partial charge in [-0.2, -0.15) is 0 Å². The maximum atomic E-state index is 10.9. The summed E-state index contributed by atoms with van der Waals surface area (Å²) in [5.41, 5.74) is 0.815. The molecule has 2 saturated carbocycles. The summed E-state index contributed by atoms with van der Waals surface area (Å²) in [6, 6.07) is 2.66. The van der Waals surface area contributed by atoms with Crippen LogP contribution in [-0.4, -0.2) is 62.0 Å². The Labute approximate surface area is 185 Å². The van der Waals surface area contributed by atoms with E-state index in [0.717, 1.165) is 29.7 Å². The third-order valence-electron chi connectivity index (χ3n) is 7.22. The van der Waals surface area contributed by atoms with Crippen molar-refractivity contribution in [3.63, 3.8) is 0 Å². The molecule has 0 bridgehead atoms. The van der Waals surface area contributed by atoms with E-state index in [1.165, 1.54) is 51.4 Å². The van der Waals surface area contributed by atoms with Crippen LogP contribution in [0, 0.1) is 0 Å². The topological polar surface area (TPSA) is 97.3 Å². The Morgan fingerprint density at radius 2 is 1.77 bits per heavy atom. The lowest BCUT2D eigenvalue weighted by atomic mass is 9.90. The zero-order valence-electron chi connectivity index (χ0n) is 18.8. The second-order valence-electron chi connectivity index (χ2n) is 9.58. The lowest BCUT2D eigenvalue weighted by Crippen LogP contribution is -2.52. The molecule has 2 aliphatic rings. The van der Waals surface area contributed by atoms with Crippen LogP contribution in [0.25, 0.3) is 11.0 Å². The highest BCUT2D eigenvalue weighted by Gasteiger charge is 2.34. The van der Waals surface area contributed by atoms with Gasteiger partial charge in [-0.05, 0) is 45.1 Å². The van der Waals surface area contributed by atoms with Gasteiger partial charge in [-0.1, -0.05) is 38.5 Å². The number of nitrogens with one attached hydrogen (secondary N) is 2. The fourth-order valence-electron chi connectivity index (χ4n) is 5.54. The summed E-state index contributed by atoms with van der Waals surface area (Å²) in [6.45, 7) is 2.42. The van der Waals surface area contributed by atoms with Crippen LogP contribution in [0.1, 0.15) is 77.6 Å². The molecule has 2 heterocycles. The number of H-pyrrole nitrogens is 1. The number of aliphatic hydroxyl groups excluding tert-OH is 2. The number of anilines is 1. The van der Waals surface area contributed by atoms with Crippen molar-refractivity contribution in [2.45, 2.75) is 108 Å². The molecule has 7 nitrogen and oxygen atoms in total. The van der Waals surface area contributed by atoms with Crippen molar-refractivity contribution in [2.24, 2.45) is 0 Å². The summed E-state index contributed by atoms with van der Waals surface area (Å²) in [6.07, 6.45) is 15.1. The molecule has 31 heavy (non-hydrogen) atoms. The normalized spacial score (nSPS) is 21.8. The smallest absolute Gasteiger partial charge is 0.142 e. The second-order valence-corrected chi connectivity index (χ2v) is 9.58. The van der Waals surface area contributed by atoms with Crippen molar-refractivity contribution in [1.82, 2.24) is 20.3 Å². The van der Waals surface area contributed by atoms with Gasteiger partial charge in [0.15, 0.2) is 0 Å². The highest BCUT2D eigenvalue weighted by atomic mass is 16.3. The third-order valence-corrected chi connectivity index (χ3v) is 7.22. The standard InChI is InChI=1S/C24H39N5O2/c1-17(30)22(14-20(31)15-26-18-8-4-2-5-9-18)29(19-10-6-3-7-11-19)24-21-12-13-25-23(21)27-16-28-24/h12-13,16-20,22,26,30-31H,2-11,14-15H2,1H3,(H,25,27,28)/t17-,20?,22?/m1/s1. The number of nitrogens with zero attached hydrogens (tertiary/aromatic N) is 3. The molecule has 0 saturated heterocycles. The SMILES string of the molecule is C[C@@H](O)C(CC(O)CNC1CCCCC1)N(c1ncnc2[nH]ccc12)C1CCCCC1. The van der Waals surface area contributed by atoms with Crippen molar-refractivity contribution in [3.8, 4) is 0 Å². The molecule has 0 radical (unpaired) electrons. The molecule has 4 rings (SSSR count). The average molecular weight is 430 g/mol. The first-order valence-corrected chi connectivity index (χ1v) is 12.3. The molecule has 2 aliphatic carbocycles. The van der Waals surface area contributed by atoms with Crippen molar-refractivity contribution in [3.05, 3.63) is 18.6 Å².